The summed E-state index contributed by atoms with van der Waals surface area (Å²) in [6, 6.07) is 5.58. The van der Waals surface area contributed by atoms with Gasteiger partial charge in [0.15, 0.2) is 0 Å². The molecule has 0 aliphatic heterocycles. The summed E-state index contributed by atoms with van der Waals surface area (Å²) in [5.41, 5.74) is 7.88. The first-order valence-electron chi connectivity index (χ1n) is 6.93. The van der Waals surface area contributed by atoms with Gasteiger partial charge in [-0.15, -0.1) is 5.10 Å². The fourth-order valence-electron chi connectivity index (χ4n) is 2.40. The van der Waals surface area contributed by atoms with Crippen molar-refractivity contribution < 1.29 is 4.79 Å². The quantitative estimate of drug-likeness (QED) is 0.874. The van der Waals surface area contributed by atoms with Crippen LogP contribution in [0.4, 0.5) is 5.69 Å². The zero-order valence-electron chi connectivity index (χ0n) is 12.1. The van der Waals surface area contributed by atoms with Crippen molar-refractivity contribution in [2.75, 3.05) is 5.32 Å². The van der Waals surface area contributed by atoms with Gasteiger partial charge in [-0.3, -0.25) is 4.79 Å². The number of aryl methyl sites for hydroxylation is 1. The number of nitrogens with zero attached hydrogens (tertiary/aromatic N) is 4. The van der Waals surface area contributed by atoms with E-state index in [4.69, 9.17) is 5.73 Å². The first-order valence-corrected chi connectivity index (χ1v) is 6.93. The number of carbonyl (C=O) groups excluding carboxylic acids is 1. The van der Waals surface area contributed by atoms with Gasteiger partial charge in [0.05, 0.1) is 11.2 Å². The SMILES string of the molecule is Cc1cc(NC(=O)C(C)(N)C2CC2)ccc1-n1cnnn1. The van der Waals surface area contributed by atoms with Crippen molar-refractivity contribution in [2.45, 2.75) is 32.2 Å². The van der Waals surface area contributed by atoms with E-state index in [2.05, 4.69) is 20.8 Å². The molecule has 1 unspecified atom stereocenters. The van der Waals surface area contributed by atoms with Crippen molar-refractivity contribution in [3.05, 3.63) is 30.1 Å². The van der Waals surface area contributed by atoms with Gasteiger partial charge in [-0.2, -0.15) is 0 Å². The fourth-order valence-corrected chi connectivity index (χ4v) is 2.40. The Morgan fingerprint density at radius 1 is 1.48 bits per heavy atom. The molecule has 0 spiro atoms. The molecule has 21 heavy (non-hydrogen) atoms. The molecule has 1 aromatic carbocycles. The minimum atomic E-state index is -0.803. The average molecular weight is 286 g/mol. The normalized spacial score (nSPS) is 17.3. The molecule has 1 amide bonds. The van der Waals surface area contributed by atoms with Crippen LogP contribution in [-0.4, -0.2) is 31.7 Å². The van der Waals surface area contributed by atoms with Crippen LogP contribution in [0.5, 0.6) is 0 Å². The number of benzene rings is 1. The number of aromatic nitrogens is 4. The molecule has 1 aromatic heterocycles. The molecule has 110 valence electrons. The maximum atomic E-state index is 12.3. The average Bonchev–Trinajstić information content (AvgIpc) is 3.17. The molecule has 3 rings (SSSR count). The highest BCUT2D eigenvalue weighted by Crippen LogP contribution is 2.38. The number of anilines is 1. The standard InChI is InChI=1S/C14H18N6O/c1-9-7-11(5-6-12(9)20-8-16-18-19-20)17-13(21)14(2,15)10-3-4-10/h5-8,10H,3-4,15H2,1-2H3,(H,17,21). The van der Waals surface area contributed by atoms with Gasteiger partial charge >= 0.3 is 0 Å². The van der Waals surface area contributed by atoms with Gasteiger partial charge in [0.25, 0.3) is 0 Å². The van der Waals surface area contributed by atoms with Gasteiger partial charge < -0.3 is 11.1 Å². The van der Waals surface area contributed by atoms with E-state index in [-0.39, 0.29) is 5.91 Å². The maximum absolute atomic E-state index is 12.3. The smallest absolute Gasteiger partial charge is 0.244 e. The van der Waals surface area contributed by atoms with Crippen molar-refractivity contribution in [1.82, 2.24) is 20.2 Å². The van der Waals surface area contributed by atoms with E-state index in [1.165, 1.54) is 6.33 Å². The lowest BCUT2D eigenvalue weighted by atomic mass is 9.96. The Morgan fingerprint density at radius 2 is 2.24 bits per heavy atom. The van der Waals surface area contributed by atoms with Crippen LogP contribution in [0.25, 0.3) is 5.69 Å². The summed E-state index contributed by atoms with van der Waals surface area (Å²) in [6.07, 6.45) is 3.58. The summed E-state index contributed by atoms with van der Waals surface area (Å²) in [5.74, 6) is 0.152. The topological polar surface area (TPSA) is 98.7 Å². The number of nitrogens with two attached hydrogens (primary N) is 1. The van der Waals surface area contributed by atoms with Crippen LogP contribution in [-0.2, 0) is 4.79 Å². The maximum Gasteiger partial charge on any atom is 0.244 e. The molecular weight excluding hydrogens is 268 g/mol. The zero-order chi connectivity index (χ0) is 15.0. The van der Waals surface area contributed by atoms with Crippen molar-refractivity contribution in [3.63, 3.8) is 0 Å². The Kier molecular flexibility index (Phi) is 3.21. The molecule has 1 aliphatic rings. The van der Waals surface area contributed by atoms with E-state index < -0.39 is 5.54 Å². The molecule has 0 saturated heterocycles. The minimum absolute atomic E-state index is 0.139. The predicted octanol–water partition coefficient (Wildman–Crippen LogP) is 1.04. The Morgan fingerprint density at radius 3 is 2.81 bits per heavy atom. The highest BCUT2D eigenvalue weighted by atomic mass is 16.2. The van der Waals surface area contributed by atoms with E-state index in [1.807, 2.05) is 25.1 Å². The lowest BCUT2D eigenvalue weighted by Gasteiger charge is -2.23. The van der Waals surface area contributed by atoms with Crippen LogP contribution in [0, 0.1) is 12.8 Å². The monoisotopic (exact) mass is 286 g/mol. The van der Waals surface area contributed by atoms with E-state index in [0.717, 1.165) is 29.8 Å². The molecule has 0 bridgehead atoms. The molecule has 2 aromatic rings. The van der Waals surface area contributed by atoms with Crippen LogP contribution < -0.4 is 11.1 Å². The Hall–Kier alpha value is -2.28. The number of nitrogens with one attached hydrogen (secondary N) is 1. The number of rotatable bonds is 4. The second kappa shape index (κ2) is 4.92. The highest BCUT2D eigenvalue weighted by molar-refractivity contribution is 5.98. The van der Waals surface area contributed by atoms with Crippen LogP contribution in [0.3, 0.4) is 0 Å². The number of carbonyl (C=O) groups is 1. The van der Waals surface area contributed by atoms with Crippen molar-refractivity contribution in [1.29, 1.82) is 0 Å². The van der Waals surface area contributed by atoms with Gasteiger partial charge in [-0.05, 0) is 66.8 Å². The third-order valence-corrected chi connectivity index (χ3v) is 3.97. The summed E-state index contributed by atoms with van der Waals surface area (Å²) >= 11 is 0. The number of tetrazole rings is 1. The van der Waals surface area contributed by atoms with Crippen LogP contribution in [0.1, 0.15) is 25.3 Å². The lowest BCUT2D eigenvalue weighted by molar-refractivity contribution is -0.121. The summed E-state index contributed by atoms with van der Waals surface area (Å²) in [5, 5.41) is 14.0. The lowest BCUT2D eigenvalue weighted by Crippen LogP contribution is -2.50. The van der Waals surface area contributed by atoms with Crippen molar-refractivity contribution in [2.24, 2.45) is 11.7 Å². The highest BCUT2D eigenvalue weighted by Gasteiger charge is 2.44. The van der Waals surface area contributed by atoms with E-state index in [0.29, 0.717) is 5.92 Å². The molecule has 3 N–H and O–H groups in total. The fraction of sp³-hybridized carbons (Fsp3) is 0.429. The summed E-state index contributed by atoms with van der Waals surface area (Å²) in [7, 11) is 0. The van der Waals surface area contributed by atoms with Gasteiger partial charge in [0.1, 0.15) is 6.33 Å². The Bertz CT molecular complexity index is 660. The van der Waals surface area contributed by atoms with Gasteiger partial charge in [0.2, 0.25) is 5.91 Å². The van der Waals surface area contributed by atoms with Crippen molar-refractivity contribution in [3.8, 4) is 5.69 Å². The van der Waals surface area contributed by atoms with Gasteiger partial charge in [0, 0.05) is 5.69 Å². The third kappa shape index (κ3) is 2.64. The molecule has 1 fully saturated rings. The second-order valence-electron chi connectivity index (χ2n) is 5.77. The number of amides is 1. The Balaban J connectivity index is 1.78. The molecular formula is C14H18N6O. The third-order valence-electron chi connectivity index (χ3n) is 3.97. The molecule has 7 heteroatoms. The largest absolute Gasteiger partial charge is 0.324 e. The second-order valence-corrected chi connectivity index (χ2v) is 5.77. The van der Waals surface area contributed by atoms with E-state index in [1.54, 1.807) is 11.6 Å². The first-order chi connectivity index (χ1) is 9.98. The van der Waals surface area contributed by atoms with E-state index >= 15 is 0 Å². The van der Waals surface area contributed by atoms with Crippen LogP contribution in [0.15, 0.2) is 24.5 Å². The van der Waals surface area contributed by atoms with Gasteiger partial charge in [-0.25, -0.2) is 4.68 Å². The predicted molar refractivity (Wildman–Crippen MR) is 77.8 cm³/mol. The van der Waals surface area contributed by atoms with Crippen LogP contribution in [0.2, 0.25) is 0 Å². The Labute approximate surface area is 122 Å². The molecule has 1 atom stereocenters. The zero-order valence-corrected chi connectivity index (χ0v) is 12.1. The molecule has 0 radical (unpaired) electrons. The first kappa shape index (κ1) is 13.7. The van der Waals surface area contributed by atoms with Crippen LogP contribution >= 0.6 is 0 Å². The summed E-state index contributed by atoms with van der Waals surface area (Å²) in [6.45, 7) is 3.73. The molecule has 1 aliphatic carbocycles. The van der Waals surface area contributed by atoms with Crippen molar-refractivity contribution >= 4 is 11.6 Å². The van der Waals surface area contributed by atoms with E-state index in [9.17, 15) is 4.79 Å². The minimum Gasteiger partial charge on any atom is -0.324 e. The molecule has 7 nitrogen and oxygen atoms in total. The summed E-state index contributed by atoms with van der Waals surface area (Å²) < 4.78 is 1.58. The number of hydrogen-bond acceptors (Lipinski definition) is 5. The van der Waals surface area contributed by atoms with Gasteiger partial charge in [-0.1, -0.05) is 0 Å². The summed E-state index contributed by atoms with van der Waals surface area (Å²) in [4.78, 5) is 12.3. The molecule has 1 heterocycles. The number of hydrogen-bond donors (Lipinski definition) is 2. The molecule has 1 saturated carbocycles.